The number of carbonyl (C=O) groups excluding carboxylic acids is 1. The van der Waals surface area contributed by atoms with Gasteiger partial charge in [-0.3, -0.25) is 9.69 Å². The van der Waals surface area contributed by atoms with Gasteiger partial charge in [0.05, 0.1) is 6.04 Å². The second-order valence-electron chi connectivity index (χ2n) is 6.84. The van der Waals surface area contributed by atoms with Crippen LogP contribution in [0, 0.1) is 5.92 Å². The number of hydrogen-bond donors (Lipinski definition) is 2. The molecular weight excluding hydrogens is 381 g/mol. The number of likely N-dealkylation sites (tertiary alicyclic amines) is 1. The first kappa shape index (κ1) is 20.8. The molecular formula is C18H26Cl3N3O. The van der Waals surface area contributed by atoms with Gasteiger partial charge in [-0.05, 0) is 56.8 Å². The van der Waals surface area contributed by atoms with Crippen LogP contribution in [0.25, 0.3) is 0 Å². The Balaban J connectivity index is 0.00000225. The summed E-state index contributed by atoms with van der Waals surface area (Å²) in [5.74, 6) is 0.643. The van der Waals surface area contributed by atoms with E-state index in [1.54, 1.807) is 0 Å². The van der Waals surface area contributed by atoms with Crippen molar-refractivity contribution in [1.82, 2.24) is 15.5 Å². The van der Waals surface area contributed by atoms with Crippen LogP contribution in [0.5, 0.6) is 0 Å². The highest BCUT2D eigenvalue weighted by Gasteiger charge is 2.25. The van der Waals surface area contributed by atoms with Crippen LogP contribution in [0.4, 0.5) is 0 Å². The Labute approximate surface area is 166 Å². The molecule has 2 atom stereocenters. The third-order valence-corrected chi connectivity index (χ3v) is 5.70. The summed E-state index contributed by atoms with van der Waals surface area (Å²) in [4.78, 5) is 14.5. The molecule has 0 radical (unpaired) electrons. The zero-order chi connectivity index (χ0) is 16.9. The molecule has 7 heteroatoms. The van der Waals surface area contributed by atoms with Crippen LogP contribution in [-0.4, -0.2) is 43.0 Å². The number of piperidine rings is 1. The van der Waals surface area contributed by atoms with Crippen molar-refractivity contribution in [2.75, 3.05) is 26.2 Å². The predicted molar refractivity (Wildman–Crippen MR) is 106 cm³/mol. The summed E-state index contributed by atoms with van der Waals surface area (Å²) in [7, 11) is 0. The lowest BCUT2D eigenvalue weighted by Gasteiger charge is -2.33. The van der Waals surface area contributed by atoms with Gasteiger partial charge >= 0.3 is 0 Å². The molecule has 25 heavy (non-hydrogen) atoms. The van der Waals surface area contributed by atoms with Crippen molar-refractivity contribution < 1.29 is 4.79 Å². The molecule has 1 amide bonds. The molecule has 0 aliphatic carbocycles. The molecule has 0 saturated carbocycles. The van der Waals surface area contributed by atoms with Gasteiger partial charge < -0.3 is 10.6 Å². The van der Waals surface area contributed by atoms with E-state index in [4.69, 9.17) is 23.2 Å². The number of hydrogen-bond acceptors (Lipinski definition) is 3. The normalized spacial score (nSPS) is 23.9. The fourth-order valence-corrected chi connectivity index (χ4v) is 4.16. The maximum atomic E-state index is 12.1. The van der Waals surface area contributed by atoms with Gasteiger partial charge in [0.2, 0.25) is 5.91 Å². The van der Waals surface area contributed by atoms with Crippen LogP contribution in [0.3, 0.4) is 0 Å². The number of nitrogens with zero attached hydrogens (tertiary/aromatic N) is 1. The van der Waals surface area contributed by atoms with E-state index >= 15 is 0 Å². The minimum absolute atomic E-state index is 0. The zero-order valence-electron chi connectivity index (χ0n) is 14.3. The SMILES string of the molecule is Cl.O=C(NCC1CCCN(Cc2c(Cl)cccc2Cl)C1)C1CCCN1. The van der Waals surface area contributed by atoms with Crippen LogP contribution in [0.1, 0.15) is 31.2 Å². The summed E-state index contributed by atoms with van der Waals surface area (Å²) in [5.41, 5.74) is 1.00. The van der Waals surface area contributed by atoms with Crippen molar-refractivity contribution >= 4 is 41.5 Å². The third-order valence-electron chi connectivity index (χ3n) is 4.99. The molecule has 2 saturated heterocycles. The Morgan fingerprint density at radius 1 is 1.24 bits per heavy atom. The van der Waals surface area contributed by atoms with Gasteiger partial charge in [-0.1, -0.05) is 29.3 Å². The average molecular weight is 407 g/mol. The van der Waals surface area contributed by atoms with Gasteiger partial charge in [0.1, 0.15) is 0 Å². The van der Waals surface area contributed by atoms with Crippen molar-refractivity contribution in [3.63, 3.8) is 0 Å². The first-order valence-corrected chi connectivity index (χ1v) is 9.55. The lowest BCUT2D eigenvalue weighted by molar-refractivity contribution is -0.123. The van der Waals surface area contributed by atoms with E-state index in [2.05, 4.69) is 15.5 Å². The molecule has 2 fully saturated rings. The summed E-state index contributed by atoms with van der Waals surface area (Å²) in [6.07, 6.45) is 4.34. The van der Waals surface area contributed by atoms with E-state index in [9.17, 15) is 4.79 Å². The van der Waals surface area contributed by atoms with Crippen molar-refractivity contribution in [3.05, 3.63) is 33.8 Å². The molecule has 2 aliphatic heterocycles. The Kier molecular flexibility index (Phi) is 8.30. The number of nitrogens with one attached hydrogen (secondary N) is 2. The monoisotopic (exact) mass is 405 g/mol. The molecule has 1 aromatic carbocycles. The Morgan fingerprint density at radius 2 is 2.00 bits per heavy atom. The van der Waals surface area contributed by atoms with E-state index in [-0.39, 0.29) is 24.4 Å². The highest BCUT2D eigenvalue weighted by atomic mass is 35.5. The van der Waals surface area contributed by atoms with Crippen molar-refractivity contribution in [1.29, 1.82) is 0 Å². The summed E-state index contributed by atoms with van der Waals surface area (Å²) in [5, 5.41) is 7.82. The molecule has 2 heterocycles. The van der Waals surface area contributed by atoms with Crippen LogP contribution in [0.15, 0.2) is 18.2 Å². The highest BCUT2D eigenvalue weighted by molar-refractivity contribution is 6.35. The number of amides is 1. The average Bonchev–Trinajstić information content (AvgIpc) is 3.11. The van der Waals surface area contributed by atoms with E-state index < -0.39 is 0 Å². The van der Waals surface area contributed by atoms with Crippen LogP contribution < -0.4 is 10.6 Å². The lowest BCUT2D eigenvalue weighted by Crippen LogP contribution is -2.45. The van der Waals surface area contributed by atoms with Gasteiger partial charge in [-0.25, -0.2) is 0 Å². The van der Waals surface area contributed by atoms with E-state index in [1.165, 1.54) is 0 Å². The van der Waals surface area contributed by atoms with Gasteiger partial charge in [-0.2, -0.15) is 0 Å². The van der Waals surface area contributed by atoms with E-state index in [0.29, 0.717) is 5.92 Å². The second-order valence-corrected chi connectivity index (χ2v) is 7.65. The van der Waals surface area contributed by atoms with Gasteiger partial charge in [0.15, 0.2) is 0 Å². The summed E-state index contributed by atoms with van der Waals surface area (Å²) < 4.78 is 0. The molecule has 0 aromatic heterocycles. The molecule has 2 aliphatic rings. The van der Waals surface area contributed by atoms with E-state index in [0.717, 1.165) is 74.0 Å². The molecule has 0 spiro atoms. The quantitative estimate of drug-likeness (QED) is 0.786. The summed E-state index contributed by atoms with van der Waals surface area (Å²) in [6.45, 7) is 4.50. The fourth-order valence-electron chi connectivity index (χ4n) is 3.64. The minimum atomic E-state index is 0. The largest absolute Gasteiger partial charge is 0.354 e. The molecule has 140 valence electrons. The number of carbonyl (C=O) groups is 1. The smallest absolute Gasteiger partial charge is 0.237 e. The maximum Gasteiger partial charge on any atom is 0.237 e. The van der Waals surface area contributed by atoms with Gasteiger partial charge in [0.25, 0.3) is 0 Å². The minimum Gasteiger partial charge on any atom is -0.354 e. The van der Waals surface area contributed by atoms with Crippen molar-refractivity contribution in [2.45, 2.75) is 38.3 Å². The number of rotatable bonds is 5. The Bertz CT molecular complexity index is 558. The highest BCUT2D eigenvalue weighted by Crippen LogP contribution is 2.27. The number of benzene rings is 1. The molecule has 4 nitrogen and oxygen atoms in total. The van der Waals surface area contributed by atoms with Crippen molar-refractivity contribution in [2.24, 2.45) is 5.92 Å². The summed E-state index contributed by atoms with van der Waals surface area (Å²) >= 11 is 12.6. The Morgan fingerprint density at radius 3 is 2.68 bits per heavy atom. The number of halogens is 3. The first-order valence-electron chi connectivity index (χ1n) is 8.80. The maximum absolute atomic E-state index is 12.1. The molecule has 1 aromatic rings. The standard InChI is InChI=1S/C18H25Cl2N3O.ClH/c19-15-5-1-6-16(20)14(15)12-23-9-3-4-13(11-23)10-22-18(24)17-7-2-8-21-17;/h1,5-6,13,17,21H,2-4,7-12H2,(H,22,24);1H. The van der Waals surface area contributed by atoms with Crippen molar-refractivity contribution in [3.8, 4) is 0 Å². The predicted octanol–water partition coefficient (Wildman–Crippen LogP) is 3.50. The second kappa shape index (κ2) is 9.98. The third kappa shape index (κ3) is 5.73. The molecule has 3 rings (SSSR count). The molecule has 2 unspecified atom stereocenters. The van der Waals surface area contributed by atoms with Crippen LogP contribution in [-0.2, 0) is 11.3 Å². The van der Waals surface area contributed by atoms with E-state index in [1.807, 2.05) is 18.2 Å². The first-order chi connectivity index (χ1) is 11.6. The van der Waals surface area contributed by atoms with Crippen LogP contribution in [0.2, 0.25) is 10.0 Å². The fraction of sp³-hybridized carbons (Fsp3) is 0.611. The van der Waals surface area contributed by atoms with Gasteiger partial charge in [0, 0.05) is 35.2 Å². The van der Waals surface area contributed by atoms with Crippen LogP contribution >= 0.6 is 35.6 Å². The lowest BCUT2D eigenvalue weighted by atomic mass is 9.97. The zero-order valence-corrected chi connectivity index (χ0v) is 16.6. The topological polar surface area (TPSA) is 44.4 Å². The Hall–Kier alpha value is -0.520. The molecule has 2 N–H and O–H groups in total. The summed E-state index contributed by atoms with van der Waals surface area (Å²) in [6, 6.07) is 5.66. The van der Waals surface area contributed by atoms with Gasteiger partial charge in [-0.15, -0.1) is 12.4 Å². The molecule has 0 bridgehead atoms.